The summed E-state index contributed by atoms with van der Waals surface area (Å²) in [7, 11) is 1.93. The topological polar surface area (TPSA) is 29.1 Å². The Morgan fingerprint density at radius 2 is 1.42 bits per heavy atom. The molecule has 0 spiro atoms. The average molecular weight is 253 g/mol. The van der Waals surface area contributed by atoms with Gasteiger partial charge in [0.05, 0.1) is 0 Å². The summed E-state index contributed by atoms with van der Waals surface area (Å²) in [4.78, 5) is 12.3. The number of hydrogen-bond donors (Lipinski definition) is 1. The highest BCUT2D eigenvalue weighted by Crippen LogP contribution is 2.20. The van der Waals surface area contributed by atoms with Gasteiger partial charge in [-0.1, -0.05) is 54.6 Å². The number of benzene rings is 2. The molecule has 0 aliphatic rings. The van der Waals surface area contributed by atoms with E-state index in [1.807, 2.05) is 61.6 Å². The molecule has 2 rings (SSSR count). The van der Waals surface area contributed by atoms with Gasteiger partial charge in [0.1, 0.15) is 0 Å². The van der Waals surface area contributed by atoms with Crippen LogP contribution in [0.5, 0.6) is 0 Å². The molecule has 98 valence electrons. The zero-order valence-corrected chi connectivity index (χ0v) is 11.6. The predicted molar refractivity (Wildman–Crippen MR) is 78.4 cm³/mol. The Balaban J connectivity index is 2.27. The largest absolute Gasteiger partial charge is 0.311 e. The molecule has 2 aromatic carbocycles. The molecular weight excluding hydrogens is 234 g/mol. The maximum atomic E-state index is 12.3. The molecule has 0 amide bonds. The molecule has 0 heterocycles. The molecule has 1 N–H and O–H groups in total. The number of ketones is 1. The SMILES string of the molecule is CNC(C)(C)c1ccc(C(=O)c2ccccc2)cc1. The van der Waals surface area contributed by atoms with Crippen LogP contribution in [0.3, 0.4) is 0 Å². The Labute approximate surface area is 114 Å². The first kappa shape index (κ1) is 13.5. The van der Waals surface area contributed by atoms with E-state index in [-0.39, 0.29) is 11.3 Å². The fourth-order valence-corrected chi connectivity index (χ4v) is 1.94. The molecule has 2 heteroatoms. The lowest BCUT2D eigenvalue weighted by atomic mass is 9.92. The minimum absolute atomic E-state index is 0.0643. The first-order chi connectivity index (χ1) is 9.04. The Hall–Kier alpha value is -1.93. The summed E-state index contributed by atoms with van der Waals surface area (Å²) in [5, 5.41) is 3.25. The Morgan fingerprint density at radius 1 is 0.895 bits per heavy atom. The lowest BCUT2D eigenvalue weighted by Gasteiger charge is -2.24. The summed E-state index contributed by atoms with van der Waals surface area (Å²) in [6.45, 7) is 4.22. The summed E-state index contributed by atoms with van der Waals surface area (Å²) in [6, 6.07) is 17.2. The van der Waals surface area contributed by atoms with Crippen molar-refractivity contribution in [2.24, 2.45) is 0 Å². The van der Waals surface area contributed by atoms with Gasteiger partial charge in [-0.2, -0.15) is 0 Å². The van der Waals surface area contributed by atoms with Crippen molar-refractivity contribution < 1.29 is 4.79 Å². The summed E-state index contributed by atoms with van der Waals surface area (Å²) in [5.74, 6) is 0.0643. The molecule has 0 unspecified atom stereocenters. The molecule has 0 fully saturated rings. The van der Waals surface area contributed by atoms with Gasteiger partial charge in [-0.05, 0) is 26.5 Å². The molecule has 0 radical (unpaired) electrons. The van der Waals surface area contributed by atoms with Crippen LogP contribution in [0.25, 0.3) is 0 Å². The molecular formula is C17H19NO. The van der Waals surface area contributed by atoms with Crippen LogP contribution in [0.15, 0.2) is 54.6 Å². The van der Waals surface area contributed by atoms with E-state index >= 15 is 0 Å². The highest BCUT2D eigenvalue weighted by Gasteiger charge is 2.18. The molecule has 0 saturated carbocycles. The smallest absolute Gasteiger partial charge is 0.193 e. The van der Waals surface area contributed by atoms with Gasteiger partial charge in [0.15, 0.2) is 5.78 Å². The van der Waals surface area contributed by atoms with Crippen LogP contribution in [-0.2, 0) is 5.54 Å². The van der Waals surface area contributed by atoms with E-state index in [0.29, 0.717) is 0 Å². The minimum atomic E-state index is -0.0890. The van der Waals surface area contributed by atoms with Crippen molar-refractivity contribution in [1.82, 2.24) is 5.32 Å². The monoisotopic (exact) mass is 253 g/mol. The van der Waals surface area contributed by atoms with Crippen LogP contribution >= 0.6 is 0 Å². The van der Waals surface area contributed by atoms with Crippen LogP contribution in [-0.4, -0.2) is 12.8 Å². The van der Waals surface area contributed by atoms with Crippen molar-refractivity contribution in [2.75, 3.05) is 7.05 Å². The molecule has 0 aliphatic carbocycles. The second-order valence-electron chi connectivity index (χ2n) is 5.15. The zero-order chi connectivity index (χ0) is 13.9. The number of rotatable bonds is 4. The van der Waals surface area contributed by atoms with E-state index < -0.39 is 0 Å². The van der Waals surface area contributed by atoms with Crippen LogP contribution in [0.4, 0.5) is 0 Å². The number of carbonyl (C=O) groups is 1. The van der Waals surface area contributed by atoms with Crippen molar-refractivity contribution >= 4 is 5.78 Å². The van der Waals surface area contributed by atoms with Gasteiger partial charge in [0.2, 0.25) is 0 Å². The summed E-state index contributed by atoms with van der Waals surface area (Å²) < 4.78 is 0. The number of carbonyl (C=O) groups excluding carboxylic acids is 1. The fraction of sp³-hybridized carbons (Fsp3) is 0.235. The van der Waals surface area contributed by atoms with E-state index in [1.54, 1.807) is 0 Å². The third-order valence-corrected chi connectivity index (χ3v) is 3.53. The lowest BCUT2D eigenvalue weighted by Crippen LogP contribution is -2.33. The van der Waals surface area contributed by atoms with Crippen molar-refractivity contribution in [1.29, 1.82) is 0 Å². The molecule has 0 bridgehead atoms. The first-order valence-corrected chi connectivity index (χ1v) is 6.44. The summed E-state index contributed by atoms with van der Waals surface area (Å²) in [6.07, 6.45) is 0. The van der Waals surface area contributed by atoms with Gasteiger partial charge in [-0.15, -0.1) is 0 Å². The van der Waals surface area contributed by atoms with Crippen molar-refractivity contribution in [3.63, 3.8) is 0 Å². The molecule has 19 heavy (non-hydrogen) atoms. The number of hydrogen-bond acceptors (Lipinski definition) is 2. The first-order valence-electron chi connectivity index (χ1n) is 6.44. The Bertz CT molecular complexity index is 556. The highest BCUT2D eigenvalue weighted by atomic mass is 16.1. The van der Waals surface area contributed by atoms with Crippen LogP contribution in [0.1, 0.15) is 35.3 Å². The molecule has 0 aliphatic heterocycles. The van der Waals surface area contributed by atoms with Gasteiger partial charge in [-0.25, -0.2) is 0 Å². The quantitative estimate of drug-likeness (QED) is 0.846. The molecule has 0 atom stereocenters. The van der Waals surface area contributed by atoms with Crippen LogP contribution in [0, 0.1) is 0 Å². The van der Waals surface area contributed by atoms with Crippen molar-refractivity contribution in [3.8, 4) is 0 Å². The molecule has 2 nitrogen and oxygen atoms in total. The maximum Gasteiger partial charge on any atom is 0.193 e. The second kappa shape index (κ2) is 5.37. The Morgan fingerprint density at radius 3 is 1.95 bits per heavy atom. The van der Waals surface area contributed by atoms with Gasteiger partial charge < -0.3 is 5.32 Å². The third kappa shape index (κ3) is 2.91. The summed E-state index contributed by atoms with van der Waals surface area (Å²) in [5.41, 5.74) is 2.53. The molecule has 0 aromatic heterocycles. The van der Waals surface area contributed by atoms with E-state index in [1.165, 1.54) is 5.56 Å². The van der Waals surface area contributed by atoms with Crippen molar-refractivity contribution in [2.45, 2.75) is 19.4 Å². The van der Waals surface area contributed by atoms with E-state index in [4.69, 9.17) is 0 Å². The van der Waals surface area contributed by atoms with Gasteiger partial charge >= 0.3 is 0 Å². The average Bonchev–Trinajstić information content (AvgIpc) is 2.47. The normalized spacial score (nSPS) is 11.3. The lowest BCUT2D eigenvalue weighted by molar-refractivity contribution is 0.103. The summed E-state index contributed by atoms with van der Waals surface area (Å²) >= 11 is 0. The maximum absolute atomic E-state index is 12.3. The van der Waals surface area contributed by atoms with Gasteiger partial charge in [0.25, 0.3) is 0 Å². The zero-order valence-electron chi connectivity index (χ0n) is 11.6. The van der Waals surface area contributed by atoms with Gasteiger partial charge in [-0.3, -0.25) is 4.79 Å². The molecule has 0 saturated heterocycles. The van der Waals surface area contributed by atoms with Crippen LogP contribution in [0.2, 0.25) is 0 Å². The Kier molecular flexibility index (Phi) is 3.82. The van der Waals surface area contributed by atoms with Gasteiger partial charge in [0, 0.05) is 16.7 Å². The molecule has 2 aromatic rings. The predicted octanol–water partition coefficient (Wildman–Crippen LogP) is 3.37. The van der Waals surface area contributed by atoms with Crippen molar-refractivity contribution in [3.05, 3.63) is 71.3 Å². The minimum Gasteiger partial charge on any atom is -0.311 e. The van der Waals surface area contributed by atoms with E-state index in [2.05, 4.69) is 19.2 Å². The standard InChI is InChI=1S/C17H19NO/c1-17(2,18-3)15-11-9-14(10-12-15)16(19)13-7-5-4-6-8-13/h4-12,18H,1-3H3. The van der Waals surface area contributed by atoms with Crippen LogP contribution < -0.4 is 5.32 Å². The van der Waals surface area contributed by atoms with E-state index in [0.717, 1.165) is 11.1 Å². The second-order valence-corrected chi connectivity index (χ2v) is 5.15. The fourth-order valence-electron chi connectivity index (χ4n) is 1.94. The number of nitrogens with one attached hydrogen (secondary N) is 1. The van der Waals surface area contributed by atoms with E-state index in [9.17, 15) is 4.79 Å². The third-order valence-electron chi connectivity index (χ3n) is 3.53. The highest BCUT2D eigenvalue weighted by molar-refractivity contribution is 6.08.